The molecule has 0 amide bonds. The molecule has 0 N–H and O–H groups in total. The normalized spacial score (nSPS) is 12.3. The van der Waals surface area contributed by atoms with Crippen molar-refractivity contribution in [2.24, 2.45) is 0 Å². The van der Waals surface area contributed by atoms with Gasteiger partial charge in [-0.1, -0.05) is 19.1 Å². The maximum atomic E-state index is 12.4. The smallest absolute Gasteiger partial charge is 0.405 e. The summed E-state index contributed by atoms with van der Waals surface area (Å²) in [5.41, 5.74) is -5.29. The van der Waals surface area contributed by atoms with Crippen LogP contribution in [0.5, 0.6) is 5.75 Å². The second-order valence-electron chi connectivity index (χ2n) is 3.51. The summed E-state index contributed by atoms with van der Waals surface area (Å²) in [4.78, 5) is 10.6. The van der Waals surface area contributed by atoms with Gasteiger partial charge < -0.3 is 4.74 Å². The average Bonchev–Trinajstić information content (AvgIpc) is 2.26. The van der Waals surface area contributed by atoms with Gasteiger partial charge in [-0.05, 0) is 17.8 Å². The number of hydrogen-bond acceptors (Lipinski definition) is 3. The van der Waals surface area contributed by atoms with Gasteiger partial charge in [-0.15, -0.1) is 13.2 Å². The molecular formula is C11H8F6O2S. The maximum absolute atomic E-state index is 12.4. The van der Waals surface area contributed by atoms with Gasteiger partial charge in [0.05, 0.1) is 4.90 Å². The summed E-state index contributed by atoms with van der Waals surface area (Å²) in [5, 5.41) is 0. The molecule has 112 valence electrons. The predicted molar refractivity (Wildman–Crippen MR) is 59.7 cm³/mol. The molecule has 0 aliphatic heterocycles. The summed E-state index contributed by atoms with van der Waals surface area (Å²) in [6.45, 7) is 1.39. The molecule has 0 atom stereocenters. The van der Waals surface area contributed by atoms with Crippen molar-refractivity contribution in [2.75, 3.05) is 0 Å². The van der Waals surface area contributed by atoms with Crippen molar-refractivity contribution in [3.05, 3.63) is 23.8 Å². The van der Waals surface area contributed by atoms with E-state index >= 15 is 0 Å². The van der Waals surface area contributed by atoms with Crippen LogP contribution in [0, 0.1) is 0 Å². The van der Waals surface area contributed by atoms with Crippen LogP contribution in [0.1, 0.15) is 23.7 Å². The predicted octanol–water partition coefficient (Wildman–Crippen LogP) is 4.79. The third-order valence-corrected chi connectivity index (χ3v) is 2.90. The molecule has 2 nitrogen and oxygen atoms in total. The Morgan fingerprint density at radius 3 is 2.25 bits per heavy atom. The van der Waals surface area contributed by atoms with Crippen LogP contribution in [0.2, 0.25) is 0 Å². The van der Waals surface area contributed by atoms with Crippen molar-refractivity contribution in [1.82, 2.24) is 0 Å². The van der Waals surface area contributed by atoms with Crippen LogP contribution in [0.3, 0.4) is 0 Å². The third-order valence-electron chi connectivity index (χ3n) is 2.04. The Kier molecular flexibility index (Phi) is 4.95. The van der Waals surface area contributed by atoms with Crippen LogP contribution in [0.15, 0.2) is 23.1 Å². The molecule has 1 aromatic carbocycles. The summed E-state index contributed by atoms with van der Waals surface area (Å²) in [5.74, 6) is -1.75. The molecule has 0 unspecified atom stereocenters. The van der Waals surface area contributed by atoms with E-state index in [0.717, 1.165) is 18.2 Å². The maximum Gasteiger partial charge on any atom is 0.573 e. The van der Waals surface area contributed by atoms with Crippen molar-refractivity contribution in [2.45, 2.75) is 30.1 Å². The van der Waals surface area contributed by atoms with Crippen molar-refractivity contribution in [1.29, 1.82) is 0 Å². The molecule has 0 aliphatic carbocycles. The van der Waals surface area contributed by atoms with Crippen LogP contribution < -0.4 is 4.74 Å². The molecule has 0 heterocycles. The first-order valence-corrected chi connectivity index (χ1v) is 6.03. The highest BCUT2D eigenvalue weighted by Crippen LogP contribution is 2.44. The van der Waals surface area contributed by atoms with E-state index in [9.17, 15) is 31.1 Å². The number of alkyl halides is 6. The zero-order chi connectivity index (χ0) is 15.6. The number of thioether (sulfide) groups is 1. The van der Waals surface area contributed by atoms with Crippen molar-refractivity contribution < 1.29 is 35.9 Å². The fraction of sp³-hybridized carbons (Fsp3) is 0.364. The molecule has 1 rings (SSSR count). The van der Waals surface area contributed by atoms with Crippen LogP contribution in [0.25, 0.3) is 0 Å². The average molecular weight is 318 g/mol. The lowest BCUT2D eigenvalue weighted by Crippen LogP contribution is -2.18. The van der Waals surface area contributed by atoms with Crippen LogP contribution in [0.4, 0.5) is 26.3 Å². The fourth-order valence-corrected chi connectivity index (χ4v) is 2.09. The fourth-order valence-electron chi connectivity index (χ4n) is 1.35. The monoisotopic (exact) mass is 318 g/mol. The van der Waals surface area contributed by atoms with Gasteiger partial charge in [-0.3, -0.25) is 4.79 Å². The minimum atomic E-state index is -5.14. The quantitative estimate of drug-likeness (QED) is 0.453. The Bertz CT molecular complexity index is 495. The van der Waals surface area contributed by atoms with Crippen molar-refractivity contribution >= 4 is 17.5 Å². The number of benzene rings is 1. The summed E-state index contributed by atoms with van der Waals surface area (Å²) in [6.07, 6.45) is -5.28. The number of halogens is 6. The van der Waals surface area contributed by atoms with Gasteiger partial charge in [0, 0.05) is 12.0 Å². The van der Waals surface area contributed by atoms with Gasteiger partial charge in [0.25, 0.3) is 0 Å². The second kappa shape index (κ2) is 5.94. The van der Waals surface area contributed by atoms with E-state index in [-0.39, 0.29) is 6.42 Å². The van der Waals surface area contributed by atoms with E-state index in [2.05, 4.69) is 4.74 Å². The third kappa shape index (κ3) is 4.95. The van der Waals surface area contributed by atoms with Gasteiger partial charge in [-0.2, -0.15) is 13.2 Å². The zero-order valence-electron chi connectivity index (χ0n) is 9.93. The molecule has 0 saturated heterocycles. The standard InChI is InChI=1S/C11H8F6O2S/c1-2-7(18)6-4-3-5-8(19-10(12,13)14)9(6)20-11(15,16)17/h3-5H,2H2,1H3. The van der Waals surface area contributed by atoms with Crippen LogP contribution in [-0.4, -0.2) is 17.7 Å². The molecule has 0 saturated carbocycles. The summed E-state index contributed by atoms with van der Waals surface area (Å²) in [7, 11) is 0. The molecule has 0 radical (unpaired) electrons. The first kappa shape index (κ1) is 16.7. The van der Waals surface area contributed by atoms with E-state index in [1.54, 1.807) is 0 Å². The highest BCUT2D eigenvalue weighted by molar-refractivity contribution is 8.00. The molecule has 0 bridgehead atoms. The number of ketones is 1. The first-order valence-electron chi connectivity index (χ1n) is 5.21. The van der Waals surface area contributed by atoms with Crippen LogP contribution in [-0.2, 0) is 0 Å². The summed E-state index contributed by atoms with van der Waals surface area (Å²) < 4.78 is 77.3. The minimum absolute atomic E-state index is 0.138. The molecule has 0 aliphatic rings. The Morgan fingerprint density at radius 2 is 1.80 bits per heavy atom. The van der Waals surface area contributed by atoms with Crippen molar-refractivity contribution in [3.63, 3.8) is 0 Å². The van der Waals surface area contributed by atoms with E-state index in [4.69, 9.17) is 0 Å². The van der Waals surface area contributed by atoms with E-state index in [1.165, 1.54) is 6.92 Å². The molecule has 0 fully saturated rings. The molecule has 0 aromatic heterocycles. The summed E-state index contributed by atoms with van der Waals surface area (Å²) in [6, 6.07) is 2.79. The lowest BCUT2D eigenvalue weighted by molar-refractivity contribution is -0.275. The lowest BCUT2D eigenvalue weighted by atomic mass is 10.1. The Morgan fingerprint density at radius 1 is 1.20 bits per heavy atom. The number of hydrogen-bond donors (Lipinski definition) is 0. The Hall–Kier alpha value is -1.38. The van der Waals surface area contributed by atoms with Gasteiger partial charge >= 0.3 is 11.9 Å². The molecule has 20 heavy (non-hydrogen) atoms. The molecule has 0 spiro atoms. The van der Waals surface area contributed by atoms with Gasteiger partial charge in [-0.25, -0.2) is 0 Å². The molecule has 9 heteroatoms. The van der Waals surface area contributed by atoms with Gasteiger partial charge in [0.15, 0.2) is 5.78 Å². The SMILES string of the molecule is CCC(=O)c1cccc(OC(F)(F)F)c1SC(F)(F)F. The topological polar surface area (TPSA) is 26.3 Å². The molecular weight excluding hydrogens is 310 g/mol. The largest absolute Gasteiger partial charge is 0.573 e. The number of ether oxygens (including phenoxy) is 1. The Labute approximate surface area is 114 Å². The van der Waals surface area contributed by atoms with Crippen LogP contribution >= 0.6 is 11.8 Å². The van der Waals surface area contributed by atoms with E-state index in [1.807, 2.05) is 0 Å². The first-order chi connectivity index (χ1) is 9.03. The van der Waals surface area contributed by atoms with Gasteiger partial charge in [0.2, 0.25) is 0 Å². The number of rotatable bonds is 4. The second-order valence-corrected chi connectivity index (χ2v) is 4.58. The highest BCUT2D eigenvalue weighted by atomic mass is 32.2. The Balaban J connectivity index is 3.32. The minimum Gasteiger partial charge on any atom is -0.405 e. The van der Waals surface area contributed by atoms with Gasteiger partial charge in [0.1, 0.15) is 5.75 Å². The van der Waals surface area contributed by atoms with E-state index < -0.39 is 45.6 Å². The number of carbonyl (C=O) groups is 1. The number of carbonyl (C=O) groups excluding carboxylic acids is 1. The number of Topliss-reactive ketones (excluding diaryl/α,β-unsaturated/α-hetero) is 1. The highest BCUT2D eigenvalue weighted by Gasteiger charge is 2.37. The molecule has 1 aromatic rings. The summed E-state index contributed by atoms with van der Waals surface area (Å²) >= 11 is -0.807. The van der Waals surface area contributed by atoms with E-state index in [0.29, 0.717) is 0 Å². The lowest BCUT2D eigenvalue weighted by Gasteiger charge is -2.16. The zero-order valence-corrected chi connectivity index (χ0v) is 10.7. The van der Waals surface area contributed by atoms with Crippen molar-refractivity contribution in [3.8, 4) is 5.75 Å².